The number of hydrogen-bond donors (Lipinski definition) is 4. The Balaban J connectivity index is 1.33. The van der Waals surface area contributed by atoms with Crippen molar-refractivity contribution in [2.24, 2.45) is 0 Å². The highest BCUT2D eigenvalue weighted by molar-refractivity contribution is 6.14. The molecule has 1 aromatic carbocycles. The van der Waals surface area contributed by atoms with Gasteiger partial charge in [-0.2, -0.15) is 0 Å². The number of aromatic nitrogens is 4. The van der Waals surface area contributed by atoms with Gasteiger partial charge in [0.1, 0.15) is 17.0 Å². The minimum Gasteiger partial charge on any atom is -0.383 e. The number of H-pyrrole nitrogens is 1. The molecule has 0 aliphatic carbocycles. The number of carbonyl (C=O) groups excluding carboxylic acids is 1. The standard InChI is InChI=1S/C28H31FN8O/c1-18(14-20-6-2-3-9-31-20)35-28(38)22-16-33-27-26(22)36-24(17-34-27)25(30)21-8-7-19(29)15-23(21)32-10-13-37-11-4-5-12-37/h2-3,6-9,15-18,30,32H,4-5,10-14H2,1H3,(H,33,34)(H,35,38). The lowest BCUT2D eigenvalue weighted by Gasteiger charge is -2.17. The number of nitrogens with one attached hydrogen (secondary N) is 4. The Morgan fingerprint density at radius 3 is 2.82 bits per heavy atom. The molecule has 4 N–H and O–H groups in total. The van der Waals surface area contributed by atoms with Gasteiger partial charge in [0.05, 0.1) is 17.5 Å². The predicted octanol–water partition coefficient (Wildman–Crippen LogP) is 3.78. The molecule has 4 aromatic rings. The highest BCUT2D eigenvalue weighted by Gasteiger charge is 2.20. The van der Waals surface area contributed by atoms with E-state index >= 15 is 0 Å². The number of amides is 1. The Morgan fingerprint density at radius 1 is 1.18 bits per heavy atom. The monoisotopic (exact) mass is 514 g/mol. The van der Waals surface area contributed by atoms with Crippen LogP contribution in [-0.4, -0.2) is 68.7 Å². The number of nitrogens with zero attached hydrogens (tertiary/aromatic N) is 4. The fourth-order valence-corrected chi connectivity index (χ4v) is 4.74. The summed E-state index contributed by atoms with van der Waals surface area (Å²) in [6, 6.07) is 9.85. The Bertz CT molecular complexity index is 1430. The molecule has 1 fully saturated rings. The highest BCUT2D eigenvalue weighted by Crippen LogP contribution is 2.22. The van der Waals surface area contributed by atoms with Gasteiger partial charge in [0.15, 0.2) is 5.65 Å². The van der Waals surface area contributed by atoms with Crippen LogP contribution in [0.5, 0.6) is 0 Å². The smallest absolute Gasteiger partial charge is 0.255 e. The molecule has 1 amide bonds. The molecule has 0 bridgehead atoms. The molecule has 10 heteroatoms. The first-order valence-electron chi connectivity index (χ1n) is 12.9. The number of fused-ring (bicyclic) bond motifs is 1. The van der Waals surface area contributed by atoms with E-state index in [1.54, 1.807) is 18.5 Å². The topological polar surface area (TPSA) is 123 Å². The van der Waals surface area contributed by atoms with Crippen LogP contribution in [0.25, 0.3) is 11.2 Å². The first kappa shape index (κ1) is 25.5. The molecule has 9 nitrogen and oxygen atoms in total. The summed E-state index contributed by atoms with van der Waals surface area (Å²) < 4.78 is 14.1. The number of halogens is 1. The molecule has 196 valence electrons. The Labute approximate surface area is 220 Å². The largest absolute Gasteiger partial charge is 0.383 e. The number of pyridine rings is 1. The van der Waals surface area contributed by atoms with Crippen LogP contribution < -0.4 is 10.6 Å². The molecule has 1 saturated heterocycles. The zero-order valence-corrected chi connectivity index (χ0v) is 21.3. The van der Waals surface area contributed by atoms with Crippen LogP contribution in [0.4, 0.5) is 10.1 Å². The molecule has 0 saturated carbocycles. The van der Waals surface area contributed by atoms with Crippen molar-refractivity contribution in [3.63, 3.8) is 0 Å². The molecule has 1 atom stereocenters. The van der Waals surface area contributed by atoms with E-state index in [-0.39, 0.29) is 23.5 Å². The molecule has 38 heavy (non-hydrogen) atoms. The second-order valence-corrected chi connectivity index (χ2v) is 9.59. The lowest BCUT2D eigenvalue weighted by molar-refractivity contribution is 0.0941. The highest BCUT2D eigenvalue weighted by atomic mass is 19.1. The molecule has 4 heterocycles. The van der Waals surface area contributed by atoms with Crippen LogP contribution in [0, 0.1) is 11.2 Å². The lowest BCUT2D eigenvalue weighted by atomic mass is 10.0. The van der Waals surface area contributed by atoms with Crippen LogP contribution in [0.3, 0.4) is 0 Å². The fraction of sp³-hybridized carbons (Fsp3) is 0.321. The maximum absolute atomic E-state index is 14.1. The number of likely N-dealkylation sites (tertiary alicyclic amines) is 1. The summed E-state index contributed by atoms with van der Waals surface area (Å²) in [7, 11) is 0. The number of hydrogen-bond acceptors (Lipinski definition) is 7. The van der Waals surface area contributed by atoms with E-state index in [1.165, 1.54) is 31.2 Å². The summed E-state index contributed by atoms with van der Waals surface area (Å²) >= 11 is 0. The van der Waals surface area contributed by atoms with Crippen molar-refractivity contribution in [2.75, 3.05) is 31.5 Å². The average molecular weight is 515 g/mol. The van der Waals surface area contributed by atoms with Crippen molar-refractivity contribution in [3.05, 3.63) is 83.3 Å². The van der Waals surface area contributed by atoms with Gasteiger partial charge in [0, 0.05) is 54.9 Å². The number of anilines is 1. The molecule has 1 aliphatic heterocycles. The zero-order valence-electron chi connectivity index (χ0n) is 21.3. The molecule has 0 spiro atoms. The molecular weight excluding hydrogens is 483 g/mol. The van der Waals surface area contributed by atoms with E-state index in [4.69, 9.17) is 5.41 Å². The van der Waals surface area contributed by atoms with Crippen LogP contribution in [0.1, 0.15) is 47.1 Å². The second-order valence-electron chi connectivity index (χ2n) is 9.59. The molecule has 5 rings (SSSR count). The van der Waals surface area contributed by atoms with Crippen molar-refractivity contribution >= 4 is 28.5 Å². The third kappa shape index (κ3) is 5.86. The molecule has 3 aromatic heterocycles. The van der Waals surface area contributed by atoms with Crippen molar-refractivity contribution < 1.29 is 9.18 Å². The van der Waals surface area contributed by atoms with Crippen LogP contribution in [0.15, 0.2) is 55.0 Å². The van der Waals surface area contributed by atoms with Gasteiger partial charge in [0.25, 0.3) is 5.91 Å². The SMILES string of the molecule is CC(Cc1ccccn1)NC(=O)c1c[nH]c2ncc(C(=N)c3ccc(F)cc3NCCN3CCCC3)nc12. The van der Waals surface area contributed by atoms with E-state index in [1.807, 2.05) is 25.1 Å². The van der Waals surface area contributed by atoms with Crippen molar-refractivity contribution in [2.45, 2.75) is 32.2 Å². The fourth-order valence-electron chi connectivity index (χ4n) is 4.74. The van der Waals surface area contributed by atoms with E-state index < -0.39 is 0 Å². The number of aromatic amines is 1. The van der Waals surface area contributed by atoms with Gasteiger partial charge in [-0.3, -0.25) is 15.2 Å². The van der Waals surface area contributed by atoms with E-state index in [0.717, 1.165) is 25.3 Å². The summed E-state index contributed by atoms with van der Waals surface area (Å²) in [6.45, 7) is 5.58. The Morgan fingerprint density at radius 2 is 2.03 bits per heavy atom. The van der Waals surface area contributed by atoms with Gasteiger partial charge in [0.2, 0.25) is 0 Å². The number of carbonyl (C=O) groups is 1. The zero-order chi connectivity index (χ0) is 26.5. The Hall–Kier alpha value is -4.18. The van der Waals surface area contributed by atoms with E-state index in [9.17, 15) is 9.18 Å². The van der Waals surface area contributed by atoms with Crippen molar-refractivity contribution in [3.8, 4) is 0 Å². The Kier molecular flexibility index (Phi) is 7.69. The normalized spacial score (nSPS) is 14.5. The van der Waals surface area contributed by atoms with E-state index in [0.29, 0.717) is 46.6 Å². The lowest BCUT2D eigenvalue weighted by Crippen LogP contribution is -2.34. The molecule has 1 aliphatic rings. The molecular formula is C28H31FN8O. The third-order valence-electron chi connectivity index (χ3n) is 6.69. The van der Waals surface area contributed by atoms with E-state index in [2.05, 4.69) is 35.5 Å². The minimum atomic E-state index is -0.379. The number of rotatable bonds is 10. The summed E-state index contributed by atoms with van der Waals surface area (Å²) in [6.07, 6.45) is 7.80. The van der Waals surface area contributed by atoms with Gasteiger partial charge in [-0.05, 0) is 63.2 Å². The second kappa shape index (κ2) is 11.5. The molecule has 1 unspecified atom stereocenters. The first-order chi connectivity index (χ1) is 18.5. The summed E-state index contributed by atoms with van der Waals surface area (Å²) in [4.78, 5) is 31.7. The van der Waals surface area contributed by atoms with Crippen LogP contribution >= 0.6 is 0 Å². The minimum absolute atomic E-state index is 0.0964. The van der Waals surface area contributed by atoms with Gasteiger partial charge >= 0.3 is 0 Å². The maximum atomic E-state index is 14.1. The van der Waals surface area contributed by atoms with Crippen molar-refractivity contribution in [1.82, 2.24) is 30.2 Å². The van der Waals surface area contributed by atoms with Gasteiger partial charge in [-0.1, -0.05) is 6.07 Å². The van der Waals surface area contributed by atoms with Crippen molar-refractivity contribution in [1.29, 1.82) is 5.41 Å². The van der Waals surface area contributed by atoms with Crippen LogP contribution in [0.2, 0.25) is 0 Å². The van der Waals surface area contributed by atoms with Gasteiger partial charge in [-0.15, -0.1) is 0 Å². The third-order valence-corrected chi connectivity index (χ3v) is 6.69. The van der Waals surface area contributed by atoms with Gasteiger partial charge < -0.3 is 20.5 Å². The maximum Gasteiger partial charge on any atom is 0.255 e. The first-order valence-corrected chi connectivity index (χ1v) is 12.9. The summed E-state index contributed by atoms with van der Waals surface area (Å²) in [5.74, 6) is -0.667. The summed E-state index contributed by atoms with van der Waals surface area (Å²) in [5, 5.41) is 15.1. The quantitative estimate of drug-likeness (QED) is 0.239. The average Bonchev–Trinajstić information content (AvgIpc) is 3.59. The van der Waals surface area contributed by atoms with Crippen LogP contribution in [-0.2, 0) is 6.42 Å². The molecule has 0 radical (unpaired) electrons. The van der Waals surface area contributed by atoms with Gasteiger partial charge in [-0.25, -0.2) is 14.4 Å². The summed E-state index contributed by atoms with van der Waals surface area (Å²) in [5.41, 5.74) is 3.50. The number of benzene rings is 1. The predicted molar refractivity (Wildman–Crippen MR) is 145 cm³/mol.